The van der Waals surface area contributed by atoms with Crippen LogP contribution >= 0.6 is 24.0 Å². The highest BCUT2D eigenvalue weighted by Crippen LogP contribution is 2.34. The summed E-state index contributed by atoms with van der Waals surface area (Å²) in [5.74, 6) is 0.872. The van der Waals surface area contributed by atoms with Crippen LogP contribution in [0.25, 0.3) is 11.7 Å². The molecule has 3 aromatic rings. The van der Waals surface area contributed by atoms with E-state index in [1.165, 1.54) is 16.2 Å². The molecule has 1 unspecified atom stereocenters. The molecule has 2 aliphatic rings. The second-order valence-electron chi connectivity index (χ2n) is 7.92. The summed E-state index contributed by atoms with van der Waals surface area (Å²) < 4.78 is 13.0. The van der Waals surface area contributed by atoms with Crippen LogP contribution in [0.3, 0.4) is 0 Å². The molecule has 0 aliphatic carbocycles. The molecule has 1 atom stereocenters. The van der Waals surface area contributed by atoms with Crippen LogP contribution in [0, 0.1) is 6.92 Å². The maximum absolute atomic E-state index is 13.4. The van der Waals surface area contributed by atoms with Gasteiger partial charge in [-0.3, -0.25) is 18.9 Å². The largest absolute Gasteiger partial charge is 0.467 e. The highest BCUT2D eigenvalue weighted by atomic mass is 32.2. The van der Waals surface area contributed by atoms with Gasteiger partial charge >= 0.3 is 0 Å². The van der Waals surface area contributed by atoms with Crippen molar-refractivity contribution >= 4 is 51.7 Å². The summed E-state index contributed by atoms with van der Waals surface area (Å²) in [7, 11) is 0. The third-order valence-corrected chi connectivity index (χ3v) is 7.03. The number of nitrogens with one attached hydrogen (secondary N) is 1. The molecule has 2 aliphatic heterocycles. The van der Waals surface area contributed by atoms with Gasteiger partial charge in [-0.1, -0.05) is 30.0 Å². The number of amides is 1. The van der Waals surface area contributed by atoms with E-state index in [1.807, 2.05) is 19.1 Å². The molecule has 5 rings (SSSR count). The van der Waals surface area contributed by atoms with Gasteiger partial charge in [0.05, 0.1) is 35.9 Å². The molecule has 33 heavy (non-hydrogen) atoms. The van der Waals surface area contributed by atoms with Gasteiger partial charge in [-0.2, -0.15) is 0 Å². The molecule has 10 heteroatoms. The third kappa shape index (κ3) is 4.33. The minimum Gasteiger partial charge on any atom is -0.467 e. The number of fused-ring (bicyclic) bond motifs is 1. The number of pyridine rings is 1. The molecule has 0 radical (unpaired) electrons. The summed E-state index contributed by atoms with van der Waals surface area (Å²) in [6.45, 7) is 3.38. The Kier molecular flexibility index (Phi) is 6.05. The summed E-state index contributed by atoms with van der Waals surface area (Å²) in [6, 6.07) is 7.33. The first-order valence-corrected chi connectivity index (χ1v) is 11.9. The number of furan rings is 1. The average molecular weight is 483 g/mol. The highest BCUT2D eigenvalue weighted by Gasteiger charge is 2.35. The van der Waals surface area contributed by atoms with Crippen LogP contribution in [0.2, 0.25) is 0 Å². The maximum atomic E-state index is 13.4. The number of thiocarbonyl (C=S) groups is 1. The number of rotatable bonds is 6. The lowest BCUT2D eigenvalue weighted by molar-refractivity contribution is -0.123. The number of nitrogens with zero attached hydrogens (tertiary/aromatic N) is 3. The number of carbonyl (C=O) groups excluding carboxylic acids is 1. The topological polar surface area (TPSA) is 89.1 Å². The van der Waals surface area contributed by atoms with Crippen LogP contribution in [0.4, 0.5) is 5.82 Å². The number of ether oxygens (including phenoxy) is 1. The van der Waals surface area contributed by atoms with E-state index in [0.29, 0.717) is 51.7 Å². The molecule has 2 fully saturated rings. The average Bonchev–Trinajstić information content (AvgIpc) is 3.55. The third-order valence-electron chi connectivity index (χ3n) is 5.65. The van der Waals surface area contributed by atoms with Crippen LogP contribution in [0.5, 0.6) is 0 Å². The molecule has 0 spiro atoms. The Hall–Kier alpha value is -2.95. The number of hydrogen-bond acceptors (Lipinski definition) is 8. The predicted octanol–water partition coefficient (Wildman–Crippen LogP) is 3.59. The zero-order chi connectivity index (χ0) is 22.9. The first kappa shape index (κ1) is 21.9. The molecule has 170 valence electrons. The molecule has 0 aromatic carbocycles. The molecular formula is C23H22N4O4S2. The predicted molar refractivity (Wildman–Crippen MR) is 131 cm³/mol. The van der Waals surface area contributed by atoms with Crippen molar-refractivity contribution in [1.82, 2.24) is 14.3 Å². The molecule has 0 bridgehead atoms. The fourth-order valence-corrected chi connectivity index (χ4v) is 5.20. The van der Waals surface area contributed by atoms with E-state index in [9.17, 15) is 9.59 Å². The first-order valence-electron chi connectivity index (χ1n) is 10.7. The van der Waals surface area contributed by atoms with Gasteiger partial charge in [-0.15, -0.1) is 0 Å². The van der Waals surface area contributed by atoms with Gasteiger partial charge in [-0.05, 0) is 49.6 Å². The normalized spacial score (nSPS) is 19.8. The van der Waals surface area contributed by atoms with Crippen molar-refractivity contribution < 1.29 is 13.9 Å². The number of hydrogen-bond donors (Lipinski definition) is 1. The van der Waals surface area contributed by atoms with Gasteiger partial charge < -0.3 is 14.5 Å². The summed E-state index contributed by atoms with van der Waals surface area (Å²) >= 11 is 6.65. The molecule has 1 amide bonds. The van der Waals surface area contributed by atoms with E-state index >= 15 is 0 Å². The Bertz CT molecular complexity index is 1310. The van der Waals surface area contributed by atoms with E-state index in [0.717, 1.165) is 18.4 Å². The molecule has 8 nitrogen and oxygen atoms in total. The Balaban J connectivity index is 1.53. The fraction of sp³-hybridized carbons (Fsp3) is 0.304. The lowest BCUT2D eigenvalue weighted by Crippen LogP contribution is -2.35. The standard InChI is InChI=1S/C23H22N4O4S2/c1-14-5-2-8-26-20(14)25-19(24-12-15-6-3-9-30-15)17(21(26)28)11-18-22(29)27(23(32)33-18)13-16-7-4-10-31-16/h2-3,5-6,8-9,11,16,24H,4,7,10,12-13H2,1H3. The Labute approximate surface area is 199 Å². The van der Waals surface area contributed by atoms with E-state index < -0.39 is 0 Å². The second kappa shape index (κ2) is 9.12. The van der Waals surface area contributed by atoms with Crippen molar-refractivity contribution in [2.75, 3.05) is 18.5 Å². The number of anilines is 1. The van der Waals surface area contributed by atoms with Crippen LogP contribution in [0.15, 0.2) is 50.8 Å². The zero-order valence-electron chi connectivity index (χ0n) is 17.9. The molecular weight excluding hydrogens is 460 g/mol. The minimum atomic E-state index is -0.268. The minimum absolute atomic E-state index is 0.00620. The van der Waals surface area contributed by atoms with Crippen LogP contribution < -0.4 is 10.9 Å². The van der Waals surface area contributed by atoms with Crippen LogP contribution in [0.1, 0.15) is 29.7 Å². The molecule has 5 heterocycles. The Morgan fingerprint density at radius 3 is 2.97 bits per heavy atom. The number of aryl methyl sites for hydroxylation is 1. The summed E-state index contributed by atoms with van der Waals surface area (Å²) in [5.41, 5.74) is 1.44. The monoisotopic (exact) mass is 482 g/mol. The van der Waals surface area contributed by atoms with E-state index in [4.69, 9.17) is 26.4 Å². The van der Waals surface area contributed by atoms with Crippen molar-refractivity contribution in [3.63, 3.8) is 0 Å². The van der Waals surface area contributed by atoms with Crippen molar-refractivity contribution in [2.24, 2.45) is 0 Å². The summed E-state index contributed by atoms with van der Waals surface area (Å²) in [5, 5.41) is 3.20. The quantitative estimate of drug-likeness (QED) is 0.421. The number of aromatic nitrogens is 2. The Morgan fingerprint density at radius 1 is 1.33 bits per heavy atom. The summed E-state index contributed by atoms with van der Waals surface area (Å²) in [4.78, 5) is 33.2. The SMILES string of the molecule is Cc1cccn2c(=O)c(C=C3SC(=S)N(CC4CCCO4)C3=O)c(NCc3ccco3)nc12. The lowest BCUT2D eigenvalue weighted by atomic mass is 10.2. The fourth-order valence-electron chi connectivity index (χ4n) is 3.94. The van der Waals surface area contributed by atoms with Crippen molar-refractivity contribution in [2.45, 2.75) is 32.4 Å². The van der Waals surface area contributed by atoms with Gasteiger partial charge in [0.15, 0.2) is 0 Å². The van der Waals surface area contributed by atoms with Crippen molar-refractivity contribution in [3.8, 4) is 0 Å². The van der Waals surface area contributed by atoms with Crippen LogP contribution in [-0.4, -0.2) is 43.8 Å². The Morgan fingerprint density at radius 2 is 2.21 bits per heavy atom. The van der Waals surface area contributed by atoms with Gasteiger partial charge in [0.25, 0.3) is 11.5 Å². The van der Waals surface area contributed by atoms with Gasteiger partial charge in [-0.25, -0.2) is 4.98 Å². The first-order chi connectivity index (χ1) is 16.0. The highest BCUT2D eigenvalue weighted by molar-refractivity contribution is 8.26. The van der Waals surface area contributed by atoms with Crippen LogP contribution in [-0.2, 0) is 16.1 Å². The lowest BCUT2D eigenvalue weighted by Gasteiger charge is -2.18. The molecule has 2 saturated heterocycles. The van der Waals surface area contributed by atoms with E-state index in [1.54, 1.807) is 35.6 Å². The van der Waals surface area contributed by atoms with E-state index in [-0.39, 0.29) is 17.6 Å². The molecule has 3 aromatic heterocycles. The van der Waals surface area contributed by atoms with Crippen molar-refractivity contribution in [3.05, 3.63) is 68.9 Å². The van der Waals surface area contributed by atoms with E-state index in [2.05, 4.69) is 5.32 Å². The number of carbonyl (C=O) groups is 1. The van der Waals surface area contributed by atoms with Crippen molar-refractivity contribution in [1.29, 1.82) is 0 Å². The summed E-state index contributed by atoms with van der Waals surface area (Å²) in [6.07, 6.45) is 6.74. The second-order valence-corrected chi connectivity index (χ2v) is 9.60. The maximum Gasteiger partial charge on any atom is 0.267 e. The van der Waals surface area contributed by atoms with Gasteiger partial charge in [0.2, 0.25) is 0 Å². The number of thioether (sulfide) groups is 1. The molecule has 1 N–H and O–H groups in total. The smallest absolute Gasteiger partial charge is 0.267 e. The molecule has 0 saturated carbocycles. The van der Waals surface area contributed by atoms with Gasteiger partial charge in [0, 0.05) is 12.8 Å². The van der Waals surface area contributed by atoms with Gasteiger partial charge in [0.1, 0.15) is 21.5 Å². The zero-order valence-corrected chi connectivity index (χ0v) is 19.6.